The summed E-state index contributed by atoms with van der Waals surface area (Å²) >= 11 is 3.42. The lowest BCUT2D eigenvalue weighted by molar-refractivity contribution is 0.260. The molecule has 1 aliphatic rings. The Morgan fingerprint density at radius 1 is 1.50 bits per heavy atom. The van der Waals surface area contributed by atoms with E-state index in [0.29, 0.717) is 5.92 Å². The molecule has 3 heteroatoms. The van der Waals surface area contributed by atoms with Crippen molar-refractivity contribution >= 4 is 15.9 Å². The molecule has 1 aromatic carbocycles. The Kier molecular flexibility index (Phi) is 3.43. The van der Waals surface area contributed by atoms with Crippen molar-refractivity contribution in [2.75, 3.05) is 19.7 Å². The quantitative estimate of drug-likeness (QED) is 0.896. The zero-order valence-corrected chi connectivity index (χ0v) is 9.59. The summed E-state index contributed by atoms with van der Waals surface area (Å²) in [7, 11) is 0. The first-order chi connectivity index (χ1) is 6.84. The number of ether oxygens (including phenoxy) is 1. The van der Waals surface area contributed by atoms with Crippen molar-refractivity contribution < 1.29 is 4.74 Å². The molecule has 1 aromatic rings. The minimum Gasteiger partial charge on any atom is -0.493 e. The smallest absolute Gasteiger partial charge is 0.120 e. The van der Waals surface area contributed by atoms with E-state index in [0.717, 1.165) is 29.9 Å². The fourth-order valence-electron chi connectivity index (χ4n) is 1.63. The van der Waals surface area contributed by atoms with Crippen LogP contribution in [0.25, 0.3) is 0 Å². The Hall–Kier alpha value is -0.540. The molecule has 0 amide bonds. The average molecular weight is 256 g/mol. The summed E-state index contributed by atoms with van der Waals surface area (Å²) in [5.41, 5.74) is 0. The molecule has 1 aliphatic heterocycles. The standard InChI is InChI=1S/C11H14BrNO/c12-10-2-1-3-11(6-10)14-8-9-4-5-13-7-9/h1-3,6,9,13H,4-5,7-8H2/t9-/m0/s1. The molecule has 0 bridgehead atoms. The molecular formula is C11H14BrNO. The van der Waals surface area contributed by atoms with E-state index in [1.165, 1.54) is 6.42 Å². The first kappa shape index (κ1) is 9.99. The van der Waals surface area contributed by atoms with Gasteiger partial charge in [0.25, 0.3) is 0 Å². The third-order valence-electron chi connectivity index (χ3n) is 2.44. The van der Waals surface area contributed by atoms with Crippen LogP contribution in [0.1, 0.15) is 6.42 Å². The van der Waals surface area contributed by atoms with Crippen LogP contribution in [0.5, 0.6) is 5.75 Å². The Balaban J connectivity index is 1.85. The first-order valence-electron chi connectivity index (χ1n) is 4.94. The number of rotatable bonds is 3. The van der Waals surface area contributed by atoms with Gasteiger partial charge in [0.05, 0.1) is 6.61 Å². The normalized spacial score (nSPS) is 21.1. The van der Waals surface area contributed by atoms with E-state index >= 15 is 0 Å². The maximum Gasteiger partial charge on any atom is 0.120 e. The maximum absolute atomic E-state index is 5.70. The van der Waals surface area contributed by atoms with Gasteiger partial charge in [0.1, 0.15) is 5.75 Å². The van der Waals surface area contributed by atoms with Gasteiger partial charge in [0.15, 0.2) is 0 Å². The summed E-state index contributed by atoms with van der Waals surface area (Å²) in [5, 5.41) is 3.33. The topological polar surface area (TPSA) is 21.3 Å². The summed E-state index contributed by atoms with van der Waals surface area (Å²) < 4.78 is 6.77. The van der Waals surface area contributed by atoms with Gasteiger partial charge in [0, 0.05) is 16.9 Å². The number of hydrogen-bond donors (Lipinski definition) is 1. The van der Waals surface area contributed by atoms with E-state index in [2.05, 4.69) is 21.2 Å². The molecule has 1 N–H and O–H groups in total. The van der Waals surface area contributed by atoms with Crippen LogP contribution in [0.4, 0.5) is 0 Å². The van der Waals surface area contributed by atoms with E-state index in [-0.39, 0.29) is 0 Å². The summed E-state index contributed by atoms with van der Waals surface area (Å²) in [6.07, 6.45) is 1.23. The van der Waals surface area contributed by atoms with Crippen LogP contribution in [-0.4, -0.2) is 19.7 Å². The van der Waals surface area contributed by atoms with Crippen LogP contribution >= 0.6 is 15.9 Å². The molecule has 2 rings (SSSR count). The highest BCUT2D eigenvalue weighted by molar-refractivity contribution is 9.10. The molecule has 0 spiro atoms. The zero-order valence-electron chi connectivity index (χ0n) is 8.00. The summed E-state index contributed by atoms with van der Waals surface area (Å²) in [6, 6.07) is 7.99. The summed E-state index contributed by atoms with van der Waals surface area (Å²) in [6.45, 7) is 3.05. The van der Waals surface area contributed by atoms with Gasteiger partial charge in [-0.25, -0.2) is 0 Å². The van der Waals surface area contributed by atoms with E-state index in [4.69, 9.17) is 4.74 Å². The molecule has 0 radical (unpaired) electrons. The molecule has 0 saturated carbocycles. The van der Waals surface area contributed by atoms with Crippen molar-refractivity contribution in [2.24, 2.45) is 5.92 Å². The Morgan fingerprint density at radius 2 is 2.43 bits per heavy atom. The van der Waals surface area contributed by atoms with E-state index < -0.39 is 0 Å². The van der Waals surface area contributed by atoms with Crippen LogP contribution in [0.15, 0.2) is 28.7 Å². The van der Waals surface area contributed by atoms with Gasteiger partial charge in [-0.1, -0.05) is 22.0 Å². The van der Waals surface area contributed by atoms with Crippen LogP contribution in [0.3, 0.4) is 0 Å². The molecule has 1 saturated heterocycles. The van der Waals surface area contributed by atoms with E-state index in [9.17, 15) is 0 Å². The fourth-order valence-corrected chi connectivity index (χ4v) is 2.01. The Bertz CT molecular complexity index is 297. The van der Waals surface area contributed by atoms with Crippen molar-refractivity contribution in [3.8, 4) is 5.75 Å². The second kappa shape index (κ2) is 4.80. The van der Waals surface area contributed by atoms with Crippen LogP contribution < -0.4 is 10.1 Å². The molecule has 1 heterocycles. The monoisotopic (exact) mass is 255 g/mol. The molecule has 0 aromatic heterocycles. The van der Waals surface area contributed by atoms with Crippen LogP contribution in [0, 0.1) is 5.92 Å². The van der Waals surface area contributed by atoms with Crippen molar-refractivity contribution in [1.29, 1.82) is 0 Å². The van der Waals surface area contributed by atoms with E-state index in [1.807, 2.05) is 24.3 Å². The largest absolute Gasteiger partial charge is 0.493 e. The van der Waals surface area contributed by atoms with Gasteiger partial charge >= 0.3 is 0 Å². The van der Waals surface area contributed by atoms with Crippen LogP contribution in [0.2, 0.25) is 0 Å². The van der Waals surface area contributed by atoms with Crippen molar-refractivity contribution in [3.63, 3.8) is 0 Å². The molecule has 0 unspecified atom stereocenters. The number of halogens is 1. The Labute approximate surface area is 92.8 Å². The summed E-state index contributed by atoms with van der Waals surface area (Å²) in [5.74, 6) is 1.63. The van der Waals surface area contributed by atoms with Crippen LogP contribution in [-0.2, 0) is 0 Å². The van der Waals surface area contributed by atoms with Crippen molar-refractivity contribution in [3.05, 3.63) is 28.7 Å². The SMILES string of the molecule is Brc1cccc(OC[C@H]2CCNC2)c1. The minimum atomic E-state index is 0.675. The average Bonchev–Trinajstić information content (AvgIpc) is 2.67. The first-order valence-corrected chi connectivity index (χ1v) is 5.73. The molecule has 0 aliphatic carbocycles. The fraction of sp³-hybridized carbons (Fsp3) is 0.455. The van der Waals surface area contributed by atoms with Gasteiger partial charge in [-0.05, 0) is 31.2 Å². The number of nitrogens with one attached hydrogen (secondary N) is 1. The molecule has 14 heavy (non-hydrogen) atoms. The molecule has 76 valence electrons. The highest BCUT2D eigenvalue weighted by Crippen LogP contribution is 2.19. The van der Waals surface area contributed by atoms with Crippen molar-refractivity contribution in [2.45, 2.75) is 6.42 Å². The lowest BCUT2D eigenvalue weighted by Crippen LogP contribution is -2.15. The Morgan fingerprint density at radius 3 is 3.14 bits per heavy atom. The van der Waals surface area contributed by atoms with Gasteiger partial charge in [-0.2, -0.15) is 0 Å². The molecule has 1 atom stereocenters. The highest BCUT2D eigenvalue weighted by atomic mass is 79.9. The van der Waals surface area contributed by atoms with Gasteiger partial charge in [0.2, 0.25) is 0 Å². The zero-order chi connectivity index (χ0) is 9.80. The third kappa shape index (κ3) is 2.72. The molecular weight excluding hydrogens is 242 g/mol. The van der Waals surface area contributed by atoms with Gasteiger partial charge in [-0.3, -0.25) is 0 Å². The molecule has 2 nitrogen and oxygen atoms in total. The molecule has 1 fully saturated rings. The number of hydrogen-bond acceptors (Lipinski definition) is 2. The minimum absolute atomic E-state index is 0.675. The predicted octanol–water partition coefficient (Wildman–Crippen LogP) is 2.44. The van der Waals surface area contributed by atoms with Gasteiger partial charge in [-0.15, -0.1) is 0 Å². The second-order valence-electron chi connectivity index (χ2n) is 3.63. The lowest BCUT2D eigenvalue weighted by Gasteiger charge is -2.10. The van der Waals surface area contributed by atoms with Gasteiger partial charge < -0.3 is 10.1 Å². The second-order valence-corrected chi connectivity index (χ2v) is 4.54. The highest BCUT2D eigenvalue weighted by Gasteiger charge is 2.14. The van der Waals surface area contributed by atoms with E-state index in [1.54, 1.807) is 0 Å². The lowest BCUT2D eigenvalue weighted by atomic mass is 10.1. The third-order valence-corrected chi connectivity index (χ3v) is 2.94. The van der Waals surface area contributed by atoms with Crippen molar-refractivity contribution in [1.82, 2.24) is 5.32 Å². The maximum atomic E-state index is 5.70. The summed E-state index contributed by atoms with van der Waals surface area (Å²) in [4.78, 5) is 0. The number of benzene rings is 1. The predicted molar refractivity (Wildman–Crippen MR) is 60.6 cm³/mol.